The number of hydrogen-bond donors (Lipinski definition) is 2. The molecular weight excluding hydrogens is 314 g/mol. The van der Waals surface area contributed by atoms with Gasteiger partial charge < -0.3 is 15.2 Å². The number of aliphatic carboxylic acids is 1. The van der Waals surface area contributed by atoms with Crippen LogP contribution >= 0.6 is 12.4 Å². The van der Waals surface area contributed by atoms with Gasteiger partial charge in [-0.2, -0.15) is 0 Å². The highest BCUT2D eigenvalue weighted by Gasteiger charge is 2.05. The minimum Gasteiger partial charge on any atom is -0.480 e. The predicted molar refractivity (Wildman–Crippen MR) is 93.6 cm³/mol. The van der Waals surface area contributed by atoms with Crippen LogP contribution in [0.2, 0.25) is 0 Å². The molecule has 0 aliphatic rings. The van der Waals surface area contributed by atoms with Crippen molar-refractivity contribution in [3.05, 3.63) is 60.2 Å². The molecule has 0 fully saturated rings. The molecule has 5 heteroatoms. The van der Waals surface area contributed by atoms with Gasteiger partial charge in [0, 0.05) is 0 Å². The topological polar surface area (TPSA) is 58.6 Å². The molecule has 2 rings (SSSR count). The molecule has 23 heavy (non-hydrogen) atoms. The van der Waals surface area contributed by atoms with Gasteiger partial charge in [-0.25, -0.2) is 0 Å². The fraction of sp³-hybridized carbons (Fsp3) is 0.278. The first kappa shape index (κ1) is 19.0. The highest BCUT2D eigenvalue weighted by Crippen LogP contribution is 2.21. The van der Waals surface area contributed by atoms with E-state index in [2.05, 4.69) is 12.2 Å². The van der Waals surface area contributed by atoms with E-state index in [4.69, 9.17) is 9.84 Å². The van der Waals surface area contributed by atoms with E-state index in [0.717, 1.165) is 17.9 Å². The normalized spacial score (nSPS) is 11.3. The summed E-state index contributed by atoms with van der Waals surface area (Å²) >= 11 is 0. The van der Waals surface area contributed by atoms with Crippen molar-refractivity contribution in [2.24, 2.45) is 5.92 Å². The van der Waals surface area contributed by atoms with Crippen LogP contribution in [0.1, 0.15) is 12.5 Å². The van der Waals surface area contributed by atoms with Crippen LogP contribution in [0.4, 0.5) is 0 Å². The van der Waals surface area contributed by atoms with Gasteiger partial charge in [0.1, 0.15) is 11.5 Å². The van der Waals surface area contributed by atoms with E-state index in [1.807, 2.05) is 54.6 Å². The third-order valence-corrected chi connectivity index (χ3v) is 3.26. The van der Waals surface area contributed by atoms with Crippen LogP contribution < -0.4 is 10.1 Å². The Morgan fingerprint density at radius 3 is 2.30 bits per heavy atom. The number of ether oxygens (including phenoxy) is 1. The summed E-state index contributed by atoms with van der Waals surface area (Å²) < 4.78 is 5.75. The number of carbonyl (C=O) groups is 1. The molecule has 2 aromatic carbocycles. The Hall–Kier alpha value is -2.04. The predicted octanol–water partition coefficient (Wildman–Crippen LogP) is 3.75. The lowest BCUT2D eigenvalue weighted by Crippen LogP contribution is -2.27. The lowest BCUT2D eigenvalue weighted by atomic mass is 10.0. The fourth-order valence-electron chi connectivity index (χ4n) is 2.22. The maximum absolute atomic E-state index is 10.5. The van der Waals surface area contributed by atoms with Crippen LogP contribution in [0.5, 0.6) is 11.5 Å². The maximum Gasteiger partial charge on any atom is 0.317 e. The first-order chi connectivity index (χ1) is 10.6. The van der Waals surface area contributed by atoms with Crippen LogP contribution in [-0.2, 0) is 11.2 Å². The van der Waals surface area contributed by atoms with E-state index < -0.39 is 5.97 Å². The van der Waals surface area contributed by atoms with Crippen molar-refractivity contribution in [1.82, 2.24) is 5.32 Å². The minimum atomic E-state index is -0.824. The monoisotopic (exact) mass is 335 g/mol. The third-order valence-electron chi connectivity index (χ3n) is 3.26. The van der Waals surface area contributed by atoms with Crippen LogP contribution in [0.15, 0.2) is 54.6 Å². The van der Waals surface area contributed by atoms with Gasteiger partial charge in [-0.15, -0.1) is 12.4 Å². The molecule has 1 atom stereocenters. The summed E-state index contributed by atoms with van der Waals surface area (Å²) in [6, 6.07) is 17.7. The summed E-state index contributed by atoms with van der Waals surface area (Å²) in [5, 5.41) is 11.5. The van der Waals surface area contributed by atoms with Gasteiger partial charge in [-0.1, -0.05) is 37.3 Å². The highest BCUT2D eigenvalue weighted by molar-refractivity contribution is 5.85. The maximum atomic E-state index is 10.5. The van der Waals surface area contributed by atoms with Gasteiger partial charge in [0.25, 0.3) is 0 Å². The third kappa shape index (κ3) is 7.17. The lowest BCUT2D eigenvalue weighted by Gasteiger charge is -2.12. The SMILES string of the molecule is C[C@@H](CNCC(=O)O)Cc1ccc(Oc2ccccc2)cc1.Cl. The Morgan fingerprint density at radius 2 is 1.70 bits per heavy atom. The van der Waals surface area contributed by atoms with Crippen molar-refractivity contribution in [1.29, 1.82) is 0 Å². The molecule has 0 unspecified atom stereocenters. The second-order valence-electron chi connectivity index (χ2n) is 5.39. The number of rotatable bonds is 8. The van der Waals surface area contributed by atoms with Crippen molar-refractivity contribution in [3.8, 4) is 11.5 Å². The molecule has 0 heterocycles. The Morgan fingerprint density at radius 1 is 1.09 bits per heavy atom. The average Bonchev–Trinajstić information content (AvgIpc) is 2.50. The number of halogens is 1. The number of para-hydroxylation sites is 1. The molecule has 0 saturated carbocycles. The molecule has 0 radical (unpaired) electrons. The molecule has 2 N–H and O–H groups in total. The van der Waals surface area contributed by atoms with Gasteiger partial charge >= 0.3 is 5.97 Å². The molecule has 0 amide bonds. The van der Waals surface area contributed by atoms with Gasteiger partial charge in [0.05, 0.1) is 6.54 Å². The number of hydrogen-bond acceptors (Lipinski definition) is 3. The van der Waals surface area contributed by atoms with Gasteiger partial charge in [-0.05, 0) is 48.7 Å². The summed E-state index contributed by atoms with van der Waals surface area (Å²) in [6.07, 6.45) is 0.901. The molecule has 0 aliphatic heterocycles. The van der Waals surface area contributed by atoms with Crippen LogP contribution in [0, 0.1) is 5.92 Å². The molecule has 2 aromatic rings. The number of benzene rings is 2. The number of carboxylic acids is 1. The quantitative estimate of drug-likeness (QED) is 0.771. The Bertz CT molecular complexity index is 587. The lowest BCUT2D eigenvalue weighted by molar-refractivity contribution is -0.135. The van der Waals surface area contributed by atoms with Crippen molar-refractivity contribution in [3.63, 3.8) is 0 Å². The molecule has 0 spiro atoms. The highest BCUT2D eigenvalue weighted by atomic mass is 35.5. The van der Waals surface area contributed by atoms with Gasteiger partial charge in [-0.3, -0.25) is 4.79 Å². The van der Waals surface area contributed by atoms with Gasteiger partial charge in [0.2, 0.25) is 0 Å². The van der Waals surface area contributed by atoms with Crippen molar-refractivity contribution in [2.45, 2.75) is 13.3 Å². The summed E-state index contributed by atoms with van der Waals surface area (Å²) in [5.41, 5.74) is 1.21. The zero-order valence-corrected chi connectivity index (χ0v) is 13.9. The first-order valence-corrected chi connectivity index (χ1v) is 7.38. The summed E-state index contributed by atoms with van der Waals surface area (Å²) in [4.78, 5) is 10.5. The van der Waals surface area contributed by atoms with Gasteiger partial charge in [0.15, 0.2) is 0 Å². The average molecular weight is 336 g/mol. The molecular formula is C18H22ClNO3. The zero-order chi connectivity index (χ0) is 15.8. The van der Waals surface area contributed by atoms with E-state index in [1.54, 1.807) is 0 Å². The fourth-order valence-corrected chi connectivity index (χ4v) is 2.22. The molecule has 0 saturated heterocycles. The molecule has 4 nitrogen and oxygen atoms in total. The molecule has 0 bridgehead atoms. The van der Waals surface area contributed by atoms with Crippen molar-refractivity contribution >= 4 is 18.4 Å². The molecule has 0 aromatic heterocycles. The van der Waals surface area contributed by atoms with Crippen LogP contribution in [-0.4, -0.2) is 24.2 Å². The first-order valence-electron chi connectivity index (χ1n) is 7.38. The van der Waals surface area contributed by atoms with E-state index in [0.29, 0.717) is 12.5 Å². The van der Waals surface area contributed by atoms with E-state index in [9.17, 15) is 4.79 Å². The van der Waals surface area contributed by atoms with E-state index in [-0.39, 0.29) is 19.0 Å². The van der Waals surface area contributed by atoms with E-state index in [1.165, 1.54) is 5.56 Å². The zero-order valence-electron chi connectivity index (χ0n) is 13.1. The van der Waals surface area contributed by atoms with Crippen LogP contribution in [0.3, 0.4) is 0 Å². The number of carboxylic acid groups (broad SMARTS) is 1. The Kier molecular flexibility index (Phi) is 8.16. The second-order valence-corrected chi connectivity index (χ2v) is 5.39. The number of nitrogens with one attached hydrogen (secondary N) is 1. The summed E-state index contributed by atoms with van der Waals surface area (Å²) in [7, 11) is 0. The molecule has 0 aliphatic carbocycles. The molecule has 124 valence electrons. The summed E-state index contributed by atoms with van der Waals surface area (Å²) in [6.45, 7) is 2.80. The summed E-state index contributed by atoms with van der Waals surface area (Å²) in [5.74, 6) is 1.18. The largest absolute Gasteiger partial charge is 0.480 e. The van der Waals surface area contributed by atoms with Crippen LogP contribution in [0.25, 0.3) is 0 Å². The second kappa shape index (κ2) is 9.87. The van der Waals surface area contributed by atoms with Crippen molar-refractivity contribution in [2.75, 3.05) is 13.1 Å². The smallest absolute Gasteiger partial charge is 0.317 e. The Balaban J connectivity index is 0.00000264. The minimum absolute atomic E-state index is 0. The van der Waals surface area contributed by atoms with Crippen molar-refractivity contribution < 1.29 is 14.6 Å². The van der Waals surface area contributed by atoms with E-state index >= 15 is 0 Å². The Labute approximate surface area is 142 Å². The standard InChI is InChI=1S/C18H21NO3.ClH/c1-14(12-19-13-18(20)21)11-15-7-9-17(10-8-15)22-16-5-3-2-4-6-16;/h2-10,14,19H,11-13H2,1H3,(H,20,21);1H/t14-;/m1./s1.